The van der Waals surface area contributed by atoms with Gasteiger partial charge >= 0.3 is 36.3 Å². The van der Waals surface area contributed by atoms with Gasteiger partial charge in [0.1, 0.15) is 65.2 Å². The SMILES string of the molecule is CCc1c(NC[C@H](NC(=O)OCC23CC4CC(CC(C4)C2)C3)C(=O)O)ncnc1N1CCC(c2ccc3c(n2)NCCC3)CC1.CCc1c(NC[C@H](NC(=O)OCC23CC4CC(CC(C4)C2)C3)C(=O)OC(C)(C)C)ncnc1N1CCC(c2ccc3c(n2)NCCC3)CC1.ClCCl.O=C(O)C(F)(F)F. The van der Waals surface area contributed by atoms with Crippen molar-refractivity contribution in [3.63, 3.8) is 0 Å². The Bertz CT molecular complexity index is 3560. The fraction of sp³-hybridized carbons (Fsp3) is 0.693. The molecule has 4 aromatic heterocycles. The second-order valence-corrected chi connectivity index (χ2v) is 32.6. The number of alkyl halides is 5. The molecule has 104 heavy (non-hydrogen) atoms. The number of hydrogen-bond donors (Lipinski definition) is 8. The van der Waals surface area contributed by atoms with Crippen LogP contribution in [0.1, 0.15) is 196 Å². The quantitative estimate of drug-likeness (QED) is 0.0232. The maximum atomic E-state index is 13.4. The molecule has 0 aromatic carbocycles. The van der Waals surface area contributed by atoms with Gasteiger partial charge in [0.15, 0.2) is 0 Å². The first kappa shape index (κ1) is 77.7. The Kier molecular flexibility index (Phi) is 25.7. The molecule has 29 heteroatoms. The monoisotopic (exact) mass is 1490 g/mol. The summed E-state index contributed by atoms with van der Waals surface area (Å²) in [6.45, 7) is 16.0. The molecule has 8 heterocycles. The van der Waals surface area contributed by atoms with Gasteiger partial charge in [0, 0.05) is 97.5 Å². The second kappa shape index (κ2) is 34.4. The summed E-state index contributed by atoms with van der Waals surface area (Å²) >= 11 is 9.53. The molecule has 10 fully saturated rings. The molecule has 0 radical (unpaired) electrons. The molecule has 4 aliphatic heterocycles. The average molecular weight is 1490 g/mol. The summed E-state index contributed by atoms with van der Waals surface area (Å²) in [5.41, 5.74) is 6.38. The van der Waals surface area contributed by atoms with Crippen molar-refractivity contribution in [2.75, 3.05) is 102 Å². The summed E-state index contributed by atoms with van der Waals surface area (Å²) in [5, 5.41) is 36.1. The third kappa shape index (κ3) is 20.0. The van der Waals surface area contributed by atoms with Crippen molar-refractivity contribution >= 4 is 88.2 Å². The molecule has 12 aliphatic rings. The van der Waals surface area contributed by atoms with Gasteiger partial charge in [-0.15, -0.1) is 23.2 Å². The van der Waals surface area contributed by atoms with Crippen LogP contribution in [-0.4, -0.2) is 165 Å². The number of pyridine rings is 2. The maximum Gasteiger partial charge on any atom is 0.490 e. The Labute approximate surface area is 617 Å². The van der Waals surface area contributed by atoms with Crippen LogP contribution < -0.4 is 41.7 Å². The van der Waals surface area contributed by atoms with Crippen molar-refractivity contribution in [1.29, 1.82) is 0 Å². The lowest BCUT2D eigenvalue weighted by Gasteiger charge is -2.56. The molecule has 570 valence electrons. The first-order valence-corrected chi connectivity index (χ1v) is 38.7. The lowest BCUT2D eigenvalue weighted by atomic mass is 9.50. The molecule has 2 atom stereocenters. The smallest absolute Gasteiger partial charge is 0.480 e. The summed E-state index contributed by atoms with van der Waals surface area (Å²) in [6.07, 6.45) is 21.5. The first-order valence-electron chi connectivity index (χ1n) is 37.7. The van der Waals surface area contributed by atoms with Gasteiger partial charge in [-0.05, 0) is 221 Å². The van der Waals surface area contributed by atoms with E-state index < -0.39 is 54.0 Å². The summed E-state index contributed by atoms with van der Waals surface area (Å²) in [6, 6.07) is 6.80. The number of aryl methyl sites for hydroxylation is 2. The van der Waals surface area contributed by atoms with Crippen LogP contribution >= 0.6 is 23.2 Å². The van der Waals surface area contributed by atoms with Gasteiger partial charge in [-0.25, -0.2) is 53.9 Å². The van der Waals surface area contributed by atoms with Crippen LogP contribution in [0.3, 0.4) is 0 Å². The van der Waals surface area contributed by atoms with Crippen molar-refractivity contribution < 1.29 is 61.6 Å². The number of ether oxygens (including phenoxy) is 3. The Morgan fingerprint density at radius 2 is 0.962 bits per heavy atom. The molecule has 8 aliphatic carbocycles. The minimum atomic E-state index is -5.08. The molecule has 0 unspecified atom stereocenters. The van der Waals surface area contributed by atoms with Gasteiger partial charge in [0.25, 0.3) is 0 Å². The van der Waals surface area contributed by atoms with E-state index in [1.54, 1.807) is 6.33 Å². The number of aromatic nitrogens is 6. The molecular formula is C75H105Cl2F3N14O10. The predicted molar refractivity (Wildman–Crippen MR) is 392 cm³/mol. The zero-order valence-electron chi connectivity index (χ0n) is 60.7. The largest absolute Gasteiger partial charge is 0.490 e. The van der Waals surface area contributed by atoms with E-state index in [-0.39, 0.29) is 29.3 Å². The number of carboxylic acids is 2. The number of aliphatic carboxylic acids is 2. The second-order valence-electron chi connectivity index (χ2n) is 31.7. The molecule has 16 rings (SSSR count). The number of esters is 1. The molecule has 4 aromatic rings. The number of carbonyl (C=O) groups excluding carboxylic acids is 3. The summed E-state index contributed by atoms with van der Waals surface area (Å²) in [5.74, 6) is 6.21. The maximum absolute atomic E-state index is 13.4. The van der Waals surface area contributed by atoms with Crippen LogP contribution in [0.5, 0.6) is 0 Å². The summed E-state index contributed by atoms with van der Waals surface area (Å²) < 4.78 is 49.0. The summed E-state index contributed by atoms with van der Waals surface area (Å²) in [4.78, 5) is 93.3. The number of amides is 2. The molecular weight excluding hydrogens is 1380 g/mol. The van der Waals surface area contributed by atoms with E-state index in [2.05, 4.69) is 94.8 Å². The van der Waals surface area contributed by atoms with Crippen molar-refractivity contribution in [3.05, 3.63) is 70.6 Å². The molecule has 0 spiro atoms. The number of halogens is 5. The van der Waals surface area contributed by atoms with Crippen molar-refractivity contribution in [1.82, 2.24) is 40.5 Å². The number of nitrogens with zero attached hydrogens (tertiary/aromatic N) is 8. The number of alkyl carbamates (subject to hydrolysis) is 2. The van der Waals surface area contributed by atoms with Crippen molar-refractivity contribution in [2.45, 2.75) is 212 Å². The Balaban J connectivity index is 0.000000185. The van der Waals surface area contributed by atoms with E-state index in [0.29, 0.717) is 49.5 Å². The normalized spacial score (nSPS) is 25.6. The van der Waals surface area contributed by atoms with Crippen molar-refractivity contribution in [3.8, 4) is 0 Å². The minimum Gasteiger partial charge on any atom is -0.480 e. The van der Waals surface area contributed by atoms with Gasteiger partial charge in [0.05, 0.1) is 18.6 Å². The zero-order chi connectivity index (χ0) is 73.9. The van der Waals surface area contributed by atoms with Gasteiger partial charge in [-0.3, -0.25) is 0 Å². The van der Waals surface area contributed by atoms with E-state index in [1.165, 1.54) is 61.7 Å². The lowest BCUT2D eigenvalue weighted by molar-refractivity contribution is -0.192. The van der Waals surface area contributed by atoms with Gasteiger partial charge in [-0.2, -0.15) is 13.2 Å². The molecule has 2 amide bonds. The molecule has 8 N–H and O–H groups in total. The highest BCUT2D eigenvalue weighted by Crippen LogP contribution is 2.61. The van der Waals surface area contributed by atoms with E-state index in [1.807, 2.05) is 20.8 Å². The number of hydrogen-bond acceptors (Lipinski definition) is 20. The predicted octanol–water partition coefficient (Wildman–Crippen LogP) is 13.3. The first-order chi connectivity index (χ1) is 49.8. The molecule has 2 saturated heterocycles. The summed E-state index contributed by atoms with van der Waals surface area (Å²) in [7, 11) is 0. The number of piperidine rings is 2. The number of carbonyl (C=O) groups is 5. The molecule has 8 saturated carbocycles. The number of rotatable bonds is 20. The highest BCUT2D eigenvalue weighted by molar-refractivity contribution is 6.40. The van der Waals surface area contributed by atoms with Crippen LogP contribution in [0.25, 0.3) is 0 Å². The Morgan fingerprint density at radius 3 is 1.31 bits per heavy atom. The number of anilines is 6. The molecule has 24 nitrogen and oxygen atoms in total. The lowest BCUT2D eigenvalue weighted by Crippen LogP contribution is -2.51. The fourth-order valence-electron chi connectivity index (χ4n) is 19.1. The Morgan fingerprint density at radius 1 is 0.596 bits per heavy atom. The fourth-order valence-corrected chi connectivity index (χ4v) is 19.1. The number of carboxylic acid groups (broad SMARTS) is 2. The van der Waals surface area contributed by atoms with Crippen LogP contribution in [0, 0.1) is 46.3 Å². The topological polar surface area (TPSA) is 309 Å². The van der Waals surface area contributed by atoms with Crippen LogP contribution in [0.15, 0.2) is 36.9 Å². The van der Waals surface area contributed by atoms with E-state index in [4.69, 9.17) is 62.3 Å². The van der Waals surface area contributed by atoms with Crippen LogP contribution in [0.4, 0.5) is 57.7 Å². The van der Waals surface area contributed by atoms with Crippen LogP contribution in [-0.2, 0) is 54.3 Å². The zero-order valence-corrected chi connectivity index (χ0v) is 62.2. The minimum absolute atomic E-state index is 0.00857. The van der Waals surface area contributed by atoms with Gasteiger partial charge in [0.2, 0.25) is 0 Å². The average Bonchev–Trinajstić information content (AvgIpc) is 0.753. The number of fused-ring (bicyclic) bond motifs is 2. The third-order valence-corrected chi connectivity index (χ3v) is 22.9. The highest BCUT2D eigenvalue weighted by atomic mass is 35.5. The highest BCUT2D eigenvalue weighted by Gasteiger charge is 2.53. The Hall–Kier alpha value is -7.42. The van der Waals surface area contributed by atoms with E-state index in [0.717, 1.165) is 205 Å². The molecule has 8 bridgehead atoms. The van der Waals surface area contributed by atoms with E-state index >= 15 is 0 Å². The van der Waals surface area contributed by atoms with E-state index in [9.17, 15) is 37.5 Å². The van der Waals surface area contributed by atoms with Crippen LogP contribution in [0.2, 0.25) is 0 Å². The standard InChI is InChI=1S/C38H55N7O4.C34H47N7O4.C2HF3O2.CH2Cl2/c1-5-29-33(41-23-42-34(29)45-13-10-27(11-14-45)30-9-8-28-7-6-12-39-32(28)43-30)40-21-31(35(46)49-37(2,3)4)44-36(47)48-22-38-18-24-15-25(19-38)17-26(16-24)20-38;1-2-26-30(36-18-28(32(42)43)40-33(44)45-19-34-15-21-12-22(16-34)14-23(13-21)17-34)37-20-38-31(26)41-10-7-24(8-11-41)27-6-5-25-4-3-9-35-29(25)39-27;3-2(4,5)1(6)7;2-1-3/h8-9,23-27,31H,5-7,10-22H2,1-4H3,(H,39,43)(H,44,47)(H,40,41,42);5-6,20-24,28H,2-4,7-19H2,1H3,(H,35,39)(H,40,44)(H,42,43)(H,36,37,38);(H,6,7);1H2/t24?,25?,26?,31-,38?;21?,22?,23?,28-,34?;;/m00../s1. The third-order valence-electron chi connectivity index (χ3n) is 22.9. The van der Waals surface area contributed by atoms with Gasteiger partial charge in [-0.1, -0.05) is 26.0 Å². The van der Waals surface area contributed by atoms with Gasteiger partial charge < -0.3 is 66.1 Å². The van der Waals surface area contributed by atoms with Crippen molar-refractivity contribution in [2.24, 2.45) is 46.3 Å². The number of nitrogens with one attached hydrogen (secondary N) is 6.